The van der Waals surface area contributed by atoms with E-state index in [0.29, 0.717) is 18.6 Å². The highest BCUT2D eigenvalue weighted by molar-refractivity contribution is 5.78. The van der Waals surface area contributed by atoms with Crippen LogP contribution in [0.5, 0.6) is 5.75 Å². The molecule has 24 heavy (non-hydrogen) atoms. The molecular formula is C19H28N2O3. The highest BCUT2D eigenvalue weighted by Crippen LogP contribution is 2.25. The molecule has 2 N–H and O–H groups in total. The third kappa shape index (κ3) is 4.95. The van der Waals surface area contributed by atoms with Gasteiger partial charge in [-0.15, -0.1) is 0 Å². The fourth-order valence-electron chi connectivity index (χ4n) is 3.43. The standard InChI is InChI=1S/C19H28N2O3/c1-24-18-4-2-3-14(11-18)12-21(13-19(23)20-15-5-6-15)16-7-9-17(22)10-8-16/h2-4,11,15-17,22H,5-10,12-13H2,1H3,(H,20,23). The van der Waals surface area contributed by atoms with Crippen LogP contribution in [-0.4, -0.2) is 47.8 Å². The maximum absolute atomic E-state index is 12.3. The van der Waals surface area contributed by atoms with Crippen molar-refractivity contribution in [2.24, 2.45) is 0 Å². The maximum Gasteiger partial charge on any atom is 0.234 e. The first-order valence-corrected chi connectivity index (χ1v) is 8.98. The average molecular weight is 332 g/mol. The molecule has 0 atom stereocenters. The predicted molar refractivity (Wildman–Crippen MR) is 92.8 cm³/mol. The zero-order valence-corrected chi connectivity index (χ0v) is 14.4. The number of benzene rings is 1. The number of nitrogens with one attached hydrogen (secondary N) is 1. The molecule has 1 amide bonds. The average Bonchev–Trinajstić information content (AvgIpc) is 3.39. The Kier molecular flexibility index (Phi) is 5.74. The van der Waals surface area contributed by atoms with E-state index in [9.17, 15) is 9.90 Å². The number of hydrogen-bond donors (Lipinski definition) is 2. The van der Waals surface area contributed by atoms with Crippen LogP contribution in [0.3, 0.4) is 0 Å². The van der Waals surface area contributed by atoms with Crippen LogP contribution in [0.2, 0.25) is 0 Å². The van der Waals surface area contributed by atoms with Gasteiger partial charge in [-0.1, -0.05) is 12.1 Å². The number of aliphatic hydroxyl groups is 1. The second-order valence-corrected chi connectivity index (χ2v) is 7.06. The van der Waals surface area contributed by atoms with E-state index in [1.165, 1.54) is 0 Å². The van der Waals surface area contributed by atoms with Crippen molar-refractivity contribution in [3.8, 4) is 5.75 Å². The van der Waals surface area contributed by atoms with Gasteiger partial charge in [-0.2, -0.15) is 0 Å². The summed E-state index contributed by atoms with van der Waals surface area (Å²) in [6, 6.07) is 8.77. The smallest absolute Gasteiger partial charge is 0.234 e. The van der Waals surface area contributed by atoms with Crippen molar-refractivity contribution in [1.29, 1.82) is 0 Å². The van der Waals surface area contributed by atoms with E-state index < -0.39 is 0 Å². The van der Waals surface area contributed by atoms with E-state index in [4.69, 9.17) is 4.74 Å². The lowest BCUT2D eigenvalue weighted by molar-refractivity contribution is -0.123. The van der Waals surface area contributed by atoms with Gasteiger partial charge in [0.1, 0.15) is 5.75 Å². The number of carbonyl (C=O) groups is 1. The van der Waals surface area contributed by atoms with Gasteiger partial charge in [-0.25, -0.2) is 0 Å². The normalized spacial score (nSPS) is 24.0. The van der Waals surface area contributed by atoms with Gasteiger partial charge >= 0.3 is 0 Å². The van der Waals surface area contributed by atoms with E-state index in [-0.39, 0.29) is 12.0 Å². The van der Waals surface area contributed by atoms with E-state index in [1.54, 1.807) is 7.11 Å². The van der Waals surface area contributed by atoms with Crippen molar-refractivity contribution in [1.82, 2.24) is 10.2 Å². The zero-order chi connectivity index (χ0) is 16.9. The second-order valence-electron chi connectivity index (χ2n) is 7.06. The van der Waals surface area contributed by atoms with E-state index in [0.717, 1.165) is 56.4 Å². The largest absolute Gasteiger partial charge is 0.497 e. The lowest BCUT2D eigenvalue weighted by Gasteiger charge is -2.35. The van der Waals surface area contributed by atoms with Gasteiger partial charge in [0.15, 0.2) is 0 Å². The Morgan fingerprint density at radius 3 is 2.67 bits per heavy atom. The predicted octanol–water partition coefficient (Wildman–Crippen LogP) is 2.08. The molecule has 2 aliphatic rings. The van der Waals surface area contributed by atoms with Crippen molar-refractivity contribution in [3.05, 3.63) is 29.8 Å². The third-order valence-corrected chi connectivity index (χ3v) is 4.99. The number of carbonyl (C=O) groups excluding carboxylic acids is 1. The fourth-order valence-corrected chi connectivity index (χ4v) is 3.43. The first-order chi connectivity index (χ1) is 11.6. The topological polar surface area (TPSA) is 61.8 Å². The molecule has 0 saturated heterocycles. The second kappa shape index (κ2) is 7.99. The fraction of sp³-hybridized carbons (Fsp3) is 0.632. The van der Waals surface area contributed by atoms with Crippen LogP contribution in [0.25, 0.3) is 0 Å². The van der Waals surface area contributed by atoms with Gasteiger partial charge < -0.3 is 15.2 Å². The van der Waals surface area contributed by atoms with Crippen LogP contribution in [-0.2, 0) is 11.3 Å². The summed E-state index contributed by atoms with van der Waals surface area (Å²) in [5, 5.41) is 12.8. The zero-order valence-electron chi connectivity index (χ0n) is 14.4. The van der Waals surface area contributed by atoms with Crippen LogP contribution in [0.15, 0.2) is 24.3 Å². The summed E-state index contributed by atoms with van der Waals surface area (Å²) >= 11 is 0. The quantitative estimate of drug-likeness (QED) is 0.802. The summed E-state index contributed by atoms with van der Waals surface area (Å²) in [5.74, 6) is 0.959. The summed E-state index contributed by atoms with van der Waals surface area (Å²) in [7, 11) is 1.67. The highest BCUT2D eigenvalue weighted by atomic mass is 16.5. The Labute approximate surface area is 144 Å². The van der Waals surface area contributed by atoms with Gasteiger partial charge in [0, 0.05) is 18.6 Å². The van der Waals surface area contributed by atoms with Gasteiger partial charge in [0.25, 0.3) is 0 Å². The number of aliphatic hydroxyl groups excluding tert-OH is 1. The monoisotopic (exact) mass is 332 g/mol. The molecule has 132 valence electrons. The molecule has 2 saturated carbocycles. The minimum Gasteiger partial charge on any atom is -0.497 e. The van der Waals surface area contributed by atoms with Crippen molar-refractivity contribution in [2.75, 3.05) is 13.7 Å². The number of hydrogen-bond acceptors (Lipinski definition) is 4. The summed E-state index contributed by atoms with van der Waals surface area (Å²) in [6.07, 6.45) is 5.57. The Morgan fingerprint density at radius 2 is 2.00 bits per heavy atom. The summed E-state index contributed by atoms with van der Waals surface area (Å²) < 4.78 is 5.31. The van der Waals surface area contributed by atoms with Crippen LogP contribution >= 0.6 is 0 Å². The summed E-state index contributed by atoms with van der Waals surface area (Å²) in [6.45, 7) is 1.16. The van der Waals surface area contributed by atoms with Crippen LogP contribution < -0.4 is 10.1 Å². The SMILES string of the molecule is COc1cccc(CN(CC(=O)NC2CC2)C2CCC(O)CC2)c1. The molecule has 1 aromatic rings. The van der Waals surface area contributed by atoms with Crippen LogP contribution in [0.1, 0.15) is 44.1 Å². The van der Waals surface area contributed by atoms with Gasteiger partial charge in [-0.05, 0) is 56.2 Å². The minimum atomic E-state index is -0.180. The molecule has 0 bridgehead atoms. The van der Waals surface area contributed by atoms with E-state index >= 15 is 0 Å². The Bertz CT molecular complexity index is 551. The van der Waals surface area contributed by atoms with Crippen molar-refractivity contribution in [3.63, 3.8) is 0 Å². The maximum atomic E-state index is 12.3. The van der Waals surface area contributed by atoms with Gasteiger partial charge in [0.2, 0.25) is 5.91 Å². The summed E-state index contributed by atoms with van der Waals surface area (Å²) in [5.41, 5.74) is 1.15. The Hall–Kier alpha value is -1.59. The lowest BCUT2D eigenvalue weighted by atomic mass is 9.91. The van der Waals surface area contributed by atoms with E-state index in [1.807, 2.05) is 18.2 Å². The molecule has 0 spiro atoms. The Balaban J connectivity index is 1.66. The first-order valence-electron chi connectivity index (χ1n) is 8.98. The van der Waals surface area contributed by atoms with Crippen LogP contribution in [0, 0.1) is 0 Å². The van der Waals surface area contributed by atoms with Crippen molar-refractivity contribution < 1.29 is 14.6 Å². The highest BCUT2D eigenvalue weighted by Gasteiger charge is 2.28. The molecule has 0 aromatic heterocycles. The molecule has 5 nitrogen and oxygen atoms in total. The number of amides is 1. The molecule has 2 aliphatic carbocycles. The van der Waals surface area contributed by atoms with E-state index in [2.05, 4.69) is 16.3 Å². The van der Waals surface area contributed by atoms with Crippen molar-refractivity contribution in [2.45, 2.75) is 63.3 Å². The molecule has 3 rings (SSSR count). The van der Waals surface area contributed by atoms with Gasteiger partial charge in [-0.3, -0.25) is 9.69 Å². The van der Waals surface area contributed by atoms with Crippen molar-refractivity contribution >= 4 is 5.91 Å². The number of nitrogens with zero attached hydrogens (tertiary/aromatic N) is 1. The number of methoxy groups -OCH3 is 1. The summed E-state index contributed by atoms with van der Waals surface area (Å²) in [4.78, 5) is 14.6. The number of rotatable bonds is 7. The molecular weight excluding hydrogens is 304 g/mol. The van der Waals surface area contributed by atoms with Crippen LogP contribution in [0.4, 0.5) is 0 Å². The molecule has 2 fully saturated rings. The third-order valence-electron chi connectivity index (χ3n) is 4.99. The molecule has 0 aliphatic heterocycles. The molecule has 0 unspecified atom stereocenters. The molecule has 0 radical (unpaired) electrons. The number of ether oxygens (including phenoxy) is 1. The first kappa shape index (κ1) is 17.2. The molecule has 5 heteroatoms. The molecule has 0 heterocycles. The molecule has 1 aromatic carbocycles. The van der Waals surface area contributed by atoms with Gasteiger partial charge in [0.05, 0.1) is 19.8 Å². The Morgan fingerprint density at radius 1 is 1.25 bits per heavy atom. The lowest BCUT2D eigenvalue weighted by Crippen LogP contribution is -2.45. The minimum absolute atomic E-state index is 0.117.